The highest BCUT2D eigenvalue weighted by Crippen LogP contribution is 2.33. The largest absolute Gasteiger partial charge is 0.367 e. The van der Waals surface area contributed by atoms with Crippen LogP contribution in [0.3, 0.4) is 0 Å². The maximum absolute atomic E-state index is 6.15. The van der Waals surface area contributed by atoms with Crippen LogP contribution < -0.4 is 5.32 Å². The summed E-state index contributed by atoms with van der Waals surface area (Å²) >= 11 is 0. The Morgan fingerprint density at radius 1 is 1.06 bits per heavy atom. The van der Waals surface area contributed by atoms with Gasteiger partial charge in [-0.2, -0.15) is 0 Å². The van der Waals surface area contributed by atoms with Crippen molar-refractivity contribution in [2.45, 2.75) is 70.2 Å². The molecule has 0 aromatic rings. The van der Waals surface area contributed by atoms with E-state index in [1.54, 1.807) is 0 Å². The summed E-state index contributed by atoms with van der Waals surface area (Å²) in [6, 6.07) is 1.46. The van der Waals surface area contributed by atoms with Gasteiger partial charge in [-0.3, -0.25) is 4.90 Å². The van der Waals surface area contributed by atoms with Crippen LogP contribution in [0.15, 0.2) is 0 Å². The second kappa shape index (κ2) is 4.52. The van der Waals surface area contributed by atoms with Crippen LogP contribution in [-0.2, 0) is 4.74 Å². The first-order chi connectivity index (χ1) is 7.81. The average Bonchev–Trinajstić information content (AvgIpc) is 2.60. The van der Waals surface area contributed by atoms with E-state index in [2.05, 4.69) is 45.0 Å². The van der Waals surface area contributed by atoms with E-state index in [1.807, 2.05) is 0 Å². The van der Waals surface area contributed by atoms with Crippen molar-refractivity contribution in [1.29, 1.82) is 0 Å². The molecule has 1 saturated carbocycles. The zero-order valence-corrected chi connectivity index (χ0v) is 12.0. The predicted octanol–water partition coefficient (Wildman–Crippen LogP) is 2.02. The summed E-state index contributed by atoms with van der Waals surface area (Å²) < 4.78 is 6.15. The van der Waals surface area contributed by atoms with Crippen molar-refractivity contribution in [1.82, 2.24) is 10.2 Å². The molecule has 1 N–H and O–H groups in total. The Morgan fingerprint density at radius 3 is 2.12 bits per heavy atom. The molecule has 0 radical (unpaired) electrons. The highest BCUT2D eigenvalue weighted by atomic mass is 16.5. The molecule has 17 heavy (non-hydrogen) atoms. The quantitative estimate of drug-likeness (QED) is 0.799. The van der Waals surface area contributed by atoms with E-state index >= 15 is 0 Å². The molecule has 2 rings (SSSR count). The first-order valence-corrected chi connectivity index (χ1v) is 6.93. The molecule has 0 aromatic carbocycles. The molecule has 1 aliphatic carbocycles. The standard InChI is InChI=1S/C14H28N2O/c1-13(2)9-16(10-14(3,4)17-13)12-7-6-11(8-12)15-5/h11-12,15H,6-10H2,1-5H3. The fourth-order valence-electron chi connectivity index (χ4n) is 3.66. The average molecular weight is 240 g/mol. The van der Waals surface area contributed by atoms with E-state index in [1.165, 1.54) is 19.3 Å². The van der Waals surface area contributed by atoms with Crippen molar-refractivity contribution in [2.24, 2.45) is 0 Å². The lowest BCUT2D eigenvalue weighted by molar-refractivity contribution is -0.187. The Hall–Kier alpha value is -0.120. The van der Waals surface area contributed by atoms with Crippen LogP contribution in [0.25, 0.3) is 0 Å². The van der Waals surface area contributed by atoms with Crippen molar-refractivity contribution in [3.63, 3.8) is 0 Å². The molecule has 2 fully saturated rings. The Morgan fingerprint density at radius 2 is 1.65 bits per heavy atom. The first kappa shape index (κ1) is 13.3. The first-order valence-electron chi connectivity index (χ1n) is 6.93. The van der Waals surface area contributed by atoms with Crippen LogP contribution in [0.1, 0.15) is 47.0 Å². The molecule has 1 heterocycles. The highest BCUT2D eigenvalue weighted by Gasteiger charge is 2.41. The van der Waals surface area contributed by atoms with Gasteiger partial charge in [-0.1, -0.05) is 0 Å². The van der Waals surface area contributed by atoms with E-state index < -0.39 is 0 Å². The molecule has 100 valence electrons. The maximum atomic E-state index is 6.15. The Kier molecular flexibility index (Phi) is 3.54. The SMILES string of the molecule is CNC1CCC(N2CC(C)(C)OC(C)(C)C2)C1. The van der Waals surface area contributed by atoms with Crippen molar-refractivity contribution in [2.75, 3.05) is 20.1 Å². The third-order valence-electron chi connectivity index (χ3n) is 4.05. The molecule has 1 saturated heterocycles. The minimum atomic E-state index is -0.0144. The normalized spacial score (nSPS) is 37.2. The van der Waals surface area contributed by atoms with E-state index in [4.69, 9.17) is 4.74 Å². The third kappa shape index (κ3) is 3.21. The van der Waals surface area contributed by atoms with E-state index in [9.17, 15) is 0 Å². The fourth-order valence-corrected chi connectivity index (χ4v) is 3.66. The van der Waals surface area contributed by atoms with Gasteiger partial charge >= 0.3 is 0 Å². The zero-order chi connectivity index (χ0) is 12.7. The Labute approximate surface area is 106 Å². The predicted molar refractivity (Wildman–Crippen MR) is 71.3 cm³/mol. The summed E-state index contributed by atoms with van der Waals surface area (Å²) in [5.41, 5.74) is -0.0288. The number of nitrogens with one attached hydrogen (secondary N) is 1. The van der Waals surface area contributed by atoms with E-state index in [0.717, 1.165) is 19.1 Å². The fraction of sp³-hybridized carbons (Fsp3) is 1.00. The monoisotopic (exact) mass is 240 g/mol. The highest BCUT2D eigenvalue weighted by molar-refractivity contribution is 4.95. The van der Waals surface area contributed by atoms with Crippen LogP contribution in [0.2, 0.25) is 0 Å². The van der Waals surface area contributed by atoms with Gasteiger partial charge in [0.25, 0.3) is 0 Å². The molecule has 2 unspecified atom stereocenters. The Balaban J connectivity index is 2.01. The summed E-state index contributed by atoms with van der Waals surface area (Å²) in [6.07, 6.45) is 3.94. The van der Waals surface area contributed by atoms with Crippen molar-refractivity contribution < 1.29 is 4.74 Å². The van der Waals surface area contributed by atoms with Gasteiger partial charge in [0.15, 0.2) is 0 Å². The topological polar surface area (TPSA) is 24.5 Å². The molecule has 0 aromatic heterocycles. The number of rotatable bonds is 2. The molecule has 3 heteroatoms. The second-order valence-corrected chi connectivity index (χ2v) is 6.98. The lowest BCUT2D eigenvalue weighted by Gasteiger charge is -2.49. The van der Waals surface area contributed by atoms with Gasteiger partial charge in [-0.25, -0.2) is 0 Å². The minimum absolute atomic E-state index is 0.0144. The molecule has 2 aliphatic rings. The number of hydrogen-bond donors (Lipinski definition) is 1. The van der Waals surface area contributed by atoms with Crippen LogP contribution in [0, 0.1) is 0 Å². The summed E-state index contributed by atoms with van der Waals surface area (Å²) in [5.74, 6) is 0. The van der Waals surface area contributed by atoms with Crippen LogP contribution >= 0.6 is 0 Å². The smallest absolute Gasteiger partial charge is 0.0760 e. The van der Waals surface area contributed by atoms with Crippen LogP contribution in [-0.4, -0.2) is 48.3 Å². The summed E-state index contributed by atoms with van der Waals surface area (Å²) in [5, 5.41) is 3.42. The minimum Gasteiger partial charge on any atom is -0.367 e. The summed E-state index contributed by atoms with van der Waals surface area (Å²) in [6.45, 7) is 11.0. The maximum Gasteiger partial charge on any atom is 0.0760 e. The van der Waals surface area contributed by atoms with E-state index in [-0.39, 0.29) is 11.2 Å². The van der Waals surface area contributed by atoms with Gasteiger partial charge in [0.05, 0.1) is 11.2 Å². The van der Waals surface area contributed by atoms with Crippen molar-refractivity contribution in [3.05, 3.63) is 0 Å². The molecule has 0 spiro atoms. The number of ether oxygens (including phenoxy) is 1. The third-order valence-corrected chi connectivity index (χ3v) is 4.05. The van der Waals surface area contributed by atoms with Gasteiger partial charge in [-0.15, -0.1) is 0 Å². The molecule has 0 amide bonds. The van der Waals surface area contributed by atoms with Gasteiger partial charge in [0.1, 0.15) is 0 Å². The number of hydrogen-bond acceptors (Lipinski definition) is 3. The molecule has 2 atom stereocenters. The number of morpholine rings is 1. The lowest BCUT2D eigenvalue weighted by Crippen LogP contribution is -2.59. The summed E-state index contributed by atoms with van der Waals surface area (Å²) in [4.78, 5) is 2.65. The van der Waals surface area contributed by atoms with E-state index in [0.29, 0.717) is 6.04 Å². The van der Waals surface area contributed by atoms with Crippen LogP contribution in [0.4, 0.5) is 0 Å². The molecular formula is C14H28N2O. The second-order valence-electron chi connectivity index (χ2n) is 6.98. The molecular weight excluding hydrogens is 212 g/mol. The Bertz CT molecular complexity index is 259. The zero-order valence-electron chi connectivity index (χ0n) is 12.0. The van der Waals surface area contributed by atoms with Gasteiger partial charge in [0, 0.05) is 25.2 Å². The van der Waals surface area contributed by atoms with Crippen molar-refractivity contribution in [3.8, 4) is 0 Å². The van der Waals surface area contributed by atoms with Crippen molar-refractivity contribution >= 4 is 0 Å². The summed E-state index contributed by atoms with van der Waals surface area (Å²) in [7, 11) is 2.08. The van der Waals surface area contributed by atoms with Gasteiger partial charge < -0.3 is 10.1 Å². The van der Waals surface area contributed by atoms with Gasteiger partial charge in [0.2, 0.25) is 0 Å². The molecule has 3 nitrogen and oxygen atoms in total. The lowest BCUT2D eigenvalue weighted by atomic mass is 9.97. The van der Waals surface area contributed by atoms with Crippen LogP contribution in [0.5, 0.6) is 0 Å². The molecule has 0 bridgehead atoms. The number of nitrogens with zero attached hydrogens (tertiary/aromatic N) is 1. The molecule has 1 aliphatic heterocycles. The van der Waals surface area contributed by atoms with Gasteiger partial charge in [-0.05, 0) is 54.0 Å².